The van der Waals surface area contributed by atoms with Gasteiger partial charge in [0.1, 0.15) is 8.38 Å². The Morgan fingerprint density at radius 1 is 0.840 bits per heavy atom. The lowest BCUT2D eigenvalue weighted by Gasteiger charge is -1.95. The second-order valence-corrected chi connectivity index (χ2v) is 14.1. The summed E-state index contributed by atoms with van der Waals surface area (Å²) in [6.45, 7) is 2.11. The van der Waals surface area contributed by atoms with Crippen molar-refractivity contribution in [1.82, 2.24) is 0 Å². The van der Waals surface area contributed by atoms with Crippen LogP contribution in [0.2, 0.25) is 0 Å². The molecule has 1 aromatic carbocycles. The van der Waals surface area contributed by atoms with Crippen molar-refractivity contribution in [3.8, 4) is 0 Å². The van der Waals surface area contributed by atoms with E-state index in [2.05, 4.69) is 37.6 Å². The Labute approximate surface area is 179 Å². The van der Waals surface area contributed by atoms with Crippen LogP contribution in [0, 0.1) is 6.92 Å². The Hall–Kier alpha value is 0.650. The molecule has 2 aromatic rings. The van der Waals surface area contributed by atoms with E-state index in [0.717, 1.165) is 12.6 Å². The van der Waals surface area contributed by atoms with Crippen molar-refractivity contribution >= 4 is 102 Å². The summed E-state index contributed by atoms with van der Waals surface area (Å²) in [7, 11) is 0. The van der Waals surface area contributed by atoms with E-state index < -0.39 is 0 Å². The van der Waals surface area contributed by atoms with Crippen LogP contribution in [0.3, 0.4) is 0 Å². The van der Waals surface area contributed by atoms with E-state index >= 15 is 0 Å². The summed E-state index contributed by atoms with van der Waals surface area (Å²) in [4.78, 5) is 15.2. The SMILES string of the molecule is CSC1=C(SC)SC(=c2sc(=O)/c(=C3\Sc4ccc(C)cc4S3)s2)S1. The molecule has 25 heavy (non-hydrogen) atoms. The Bertz CT molecular complexity index is 1040. The molecule has 0 fully saturated rings. The summed E-state index contributed by atoms with van der Waals surface area (Å²) < 4.78 is 7.33. The third kappa shape index (κ3) is 3.81. The Balaban J connectivity index is 1.76. The van der Waals surface area contributed by atoms with Crippen LogP contribution in [0.15, 0.2) is 41.3 Å². The van der Waals surface area contributed by atoms with Gasteiger partial charge >= 0.3 is 0 Å². The lowest BCUT2D eigenvalue weighted by molar-refractivity contribution is 1.23. The van der Waals surface area contributed by atoms with Gasteiger partial charge < -0.3 is 0 Å². The average Bonchev–Trinajstić information content (AvgIpc) is 3.29. The molecule has 2 aliphatic rings. The van der Waals surface area contributed by atoms with Crippen LogP contribution in [-0.4, -0.2) is 12.5 Å². The van der Waals surface area contributed by atoms with Crippen LogP contribution in [0.25, 0.3) is 8.47 Å². The molecule has 0 spiro atoms. The highest BCUT2D eigenvalue weighted by molar-refractivity contribution is 8.45. The minimum atomic E-state index is 0.191. The number of aryl methyl sites for hydroxylation is 1. The first-order chi connectivity index (χ1) is 12.1. The van der Waals surface area contributed by atoms with Gasteiger partial charge in [0.2, 0.25) is 0 Å². The number of benzene rings is 1. The van der Waals surface area contributed by atoms with E-state index in [1.54, 1.807) is 58.4 Å². The number of hydrogen-bond acceptors (Lipinski definition) is 9. The quantitative estimate of drug-likeness (QED) is 0.534. The normalized spacial score (nSPS) is 19.1. The van der Waals surface area contributed by atoms with Crippen molar-refractivity contribution in [3.05, 3.63) is 50.2 Å². The summed E-state index contributed by atoms with van der Waals surface area (Å²) in [5.74, 6) is 0. The van der Waals surface area contributed by atoms with Gasteiger partial charge in [-0.2, -0.15) is 0 Å². The molecule has 1 aromatic heterocycles. The fraction of sp³-hybridized carbons (Fsp3) is 0.188. The summed E-state index contributed by atoms with van der Waals surface area (Å²) in [5, 5.41) is 0. The van der Waals surface area contributed by atoms with E-state index in [-0.39, 0.29) is 4.74 Å². The molecule has 0 radical (unpaired) electrons. The summed E-state index contributed by atoms with van der Waals surface area (Å²) in [6.07, 6.45) is 4.23. The Morgan fingerprint density at radius 3 is 2.20 bits per heavy atom. The molecular formula is C16H12OS8. The maximum Gasteiger partial charge on any atom is 0.252 e. The molecule has 4 rings (SSSR count). The second-order valence-electron chi connectivity index (χ2n) is 5.02. The second kappa shape index (κ2) is 7.95. The monoisotopic (exact) mass is 476 g/mol. The zero-order chi connectivity index (χ0) is 17.6. The number of thioether (sulfide) groups is 6. The van der Waals surface area contributed by atoms with E-state index in [1.165, 1.54) is 39.4 Å². The summed E-state index contributed by atoms with van der Waals surface area (Å²) >= 11 is 13.7. The molecule has 0 amide bonds. The van der Waals surface area contributed by atoms with Crippen LogP contribution in [0.4, 0.5) is 0 Å². The predicted octanol–water partition coefficient (Wildman–Crippen LogP) is 5.84. The molecule has 2 aliphatic heterocycles. The van der Waals surface area contributed by atoms with Gasteiger partial charge in [-0.05, 0) is 37.1 Å². The molecule has 0 saturated carbocycles. The van der Waals surface area contributed by atoms with Crippen molar-refractivity contribution in [2.45, 2.75) is 16.7 Å². The first-order valence-corrected chi connectivity index (χ1v) is 14.5. The molecule has 0 N–H and O–H groups in total. The van der Waals surface area contributed by atoms with Crippen molar-refractivity contribution in [3.63, 3.8) is 0 Å². The third-order valence-electron chi connectivity index (χ3n) is 3.33. The van der Waals surface area contributed by atoms with Gasteiger partial charge in [-0.1, -0.05) is 64.5 Å². The smallest absolute Gasteiger partial charge is 0.252 e. The fourth-order valence-electron chi connectivity index (χ4n) is 2.19. The topological polar surface area (TPSA) is 17.1 Å². The number of rotatable bonds is 2. The predicted molar refractivity (Wildman–Crippen MR) is 127 cm³/mol. The zero-order valence-electron chi connectivity index (χ0n) is 13.4. The van der Waals surface area contributed by atoms with E-state index in [9.17, 15) is 4.79 Å². The standard InChI is InChI=1S/C16H12OS8/c1-7-4-5-8-9(6-7)21-12(20-8)10-11(17)23-15(22-10)16-24-13(18-2)14(19-3)25-16/h4-6H,1-3H3/b12-10-. The van der Waals surface area contributed by atoms with Crippen molar-refractivity contribution < 1.29 is 0 Å². The van der Waals surface area contributed by atoms with Gasteiger partial charge in [0.25, 0.3) is 4.74 Å². The maximum absolute atomic E-state index is 12.6. The van der Waals surface area contributed by atoms with Gasteiger partial charge in [-0.25, -0.2) is 0 Å². The zero-order valence-corrected chi connectivity index (χ0v) is 19.9. The Kier molecular flexibility index (Phi) is 6.04. The van der Waals surface area contributed by atoms with Crippen LogP contribution >= 0.6 is 93.2 Å². The van der Waals surface area contributed by atoms with Crippen molar-refractivity contribution in [2.75, 3.05) is 12.5 Å². The fourth-order valence-corrected chi connectivity index (χ4v) is 12.7. The van der Waals surface area contributed by atoms with Gasteiger partial charge in [-0.15, -0.1) is 34.9 Å². The van der Waals surface area contributed by atoms with Gasteiger partial charge in [0, 0.05) is 9.79 Å². The highest BCUT2D eigenvalue weighted by Crippen LogP contribution is 2.57. The van der Waals surface area contributed by atoms with Crippen LogP contribution in [0.1, 0.15) is 5.56 Å². The third-order valence-corrected chi connectivity index (χ3v) is 14.3. The van der Waals surface area contributed by atoms with Gasteiger partial charge in [-0.3, -0.25) is 4.79 Å². The highest BCUT2D eigenvalue weighted by Gasteiger charge is 2.23. The molecule has 0 atom stereocenters. The maximum atomic E-state index is 12.6. The van der Waals surface area contributed by atoms with E-state index in [4.69, 9.17) is 0 Å². The van der Waals surface area contributed by atoms with E-state index in [1.807, 2.05) is 23.5 Å². The van der Waals surface area contributed by atoms with Gasteiger partial charge in [0.15, 0.2) is 0 Å². The molecule has 0 aliphatic carbocycles. The molecule has 0 saturated heterocycles. The number of hydrogen-bond donors (Lipinski definition) is 0. The summed E-state index contributed by atoms with van der Waals surface area (Å²) in [5.41, 5.74) is 1.26. The molecule has 1 nitrogen and oxygen atoms in total. The molecule has 3 heterocycles. The molecule has 130 valence electrons. The van der Waals surface area contributed by atoms with Crippen LogP contribution in [-0.2, 0) is 0 Å². The average molecular weight is 477 g/mol. The Morgan fingerprint density at radius 2 is 1.52 bits per heavy atom. The van der Waals surface area contributed by atoms with Crippen molar-refractivity contribution in [1.29, 1.82) is 0 Å². The molecule has 9 heteroatoms. The molecule has 0 unspecified atom stereocenters. The first-order valence-electron chi connectivity index (χ1n) is 7.12. The van der Waals surface area contributed by atoms with Crippen LogP contribution in [0.5, 0.6) is 0 Å². The van der Waals surface area contributed by atoms with E-state index in [0.29, 0.717) is 0 Å². The lowest BCUT2D eigenvalue weighted by atomic mass is 10.2. The summed E-state index contributed by atoms with van der Waals surface area (Å²) in [6, 6.07) is 6.50. The van der Waals surface area contributed by atoms with Gasteiger partial charge in [0.05, 0.1) is 16.9 Å². The minimum absolute atomic E-state index is 0.191. The molecule has 0 bridgehead atoms. The minimum Gasteiger partial charge on any atom is -0.276 e. The number of fused-ring (bicyclic) bond motifs is 1. The highest BCUT2D eigenvalue weighted by atomic mass is 32.3. The van der Waals surface area contributed by atoms with Crippen LogP contribution < -0.4 is 13.1 Å². The largest absolute Gasteiger partial charge is 0.276 e. The first kappa shape index (κ1) is 19.0. The lowest BCUT2D eigenvalue weighted by Crippen LogP contribution is -2.14. The van der Waals surface area contributed by atoms with Crippen molar-refractivity contribution in [2.24, 2.45) is 0 Å². The molecular weight excluding hydrogens is 465 g/mol.